The Labute approximate surface area is 88.5 Å². The molecule has 0 aromatic rings. The van der Waals surface area contributed by atoms with Gasteiger partial charge in [-0.25, -0.2) is 0 Å². The Morgan fingerprint density at radius 2 is 2.14 bits per heavy atom. The maximum absolute atomic E-state index is 3.45. The van der Waals surface area contributed by atoms with Crippen molar-refractivity contribution >= 4 is 0 Å². The summed E-state index contributed by atoms with van der Waals surface area (Å²) in [5.41, 5.74) is 0. The molecule has 0 saturated carbocycles. The maximum atomic E-state index is 3.45. The minimum Gasteiger partial charge on any atom is -0.315 e. The van der Waals surface area contributed by atoms with Gasteiger partial charge >= 0.3 is 0 Å². The fourth-order valence-electron chi connectivity index (χ4n) is 1.98. The van der Waals surface area contributed by atoms with E-state index in [0.717, 1.165) is 12.6 Å². The van der Waals surface area contributed by atoms with E-state index in [1.54, 1.807) is 0 Å². The lowest BCUT2D eigenvalue weighted by atomic mass is 10.2. The van der Waals surface area contributed by atoms with Crippen LogP contribution in [-0.4, -0.2) is 62.7 Å². The molecule has 0 aromatic heterocycles. The van der Waals surface area contributed by atoms with Crippen molar-refractivity contribution in [1.82, 2.24) is 15.1 Å². The molecule has 0 aliphatic carbocycles. The Morgan fingerprint density at radius 1 is 1.36 bits per heavy atom. The third-order valence-electron chi connectivity index (χ3n) is 2.99. The van der Waals surface area contributed by atoms with Gasteiger partial charge in [0, 0.05) is 19.1 Å². The third-order valence-corrected chi connectivity index (χ3v) is 2.99. The molecule has 1 N–H and O–H groups in total. The molecule has 1 heterocycles. The zero-order valence-electron chi connectivity index (χ0n) is 9.92. The van der Waals surface area contributed by atoms with Gasteiger partial charge in [0.05, 0.1) is 0 Å². The monoisotopic (exact) mass is 199 g/mol. The zero-order chi connectivity index (χ0) is 10.4. The molecule has 1 rings (SSSR count). The molecule has 1 aliphatic rings. The van der Waals surface area contributed by atoms with Crippen LogP contribution < -0.4 is 5.32 Å². The van der Waals surface area contributed by atoms with Crippen molar-refractivity contribution in [2.24, 2.45) is 0 Å². The van der Waals surface area contributed by atoms with Crippen LogP contribution in [0, 0.1) is 0 Å². The van der Waals surface area contributed by atoms with Crippen molar-refractivity contribution in [3.63, 3.8) is 0 Å². The first-order valence-electron chi connectivity index (χ1n) is 5.79. The summed E-state index contributed by atoms with van der Waals surface area (Å²) in [5.74, 6) is 0. The Kier molecular flexibility index (Phi) is 5.45. The van der Waals surface area contributed by atoms with Gasteiger partial charge in [-0.15, -0.1) is 0 Å². The van der Waals surface area contributed by atoms with Gasteiger partial charge in [0.25, 0.3) is 0 Å². The molecule has 0 bridgehead atoms. The smallest absolute Gasteiger partial charge is 0.0110 e. The van der Waals surface area contributed by atoms with Crippen LogP contribution in [0.25, 0.3) is 0 Å². The fourth-order valence-corrected chi connectivity index (χ4v) is 1.98. The lowest BCUT2D eigenvalue weighted by molar-refractivity contribution is 0.208. The van der Waals surface area contributed by atoms with E-state index < -0.39 is 0 Å². The molecule has 3 nitrogen and oxygen atoms in total. The summed E-state index contributed by atoms with van der Waals surface area (Å²) in [6.45, 7) is 8.37. The summed E-state index contributed by atoms with van der Waals surface area (Å²) in [7, 11) is 4.29. The second kappa shape index (κ2) is 6.38. The molecular weight excluding hydrogens is 174 g/mol. The highest BCUT2D eigenvalue weighted by Gasteiger charge is 2.15. The molecule has 84 valence electrons. The summed E-state index contributed by atoms with van der Waals surface area (Å²) < 4.78 is 0. The molecule has 0 amide bonds. The Balaban J connectivity index is 2.19. The van der Waals surface area contributed by atoms with Crippen LogP contribution in [0.3, 0.4) is 0 Å². The van der Waals surface area contributed by atoms with Crippen molar-refractivity contribution in [1.29, 1.82) is 0 Å². The van der Waals surface area contributed by atoms with Gasteiger partial charge in [0.2, 0.25) is 0 Å². The van der Waals surface area contributed by atoms with Gasteiger partial charge in [-0.05, 0) is 53.5 Å². The van der Waals surface area contributed by atoms with Gasteiger partial charge < -0.3 is 10.2 Å². The summed E-state index contributed by atoms with van der Waals surface area (Å²) in [4.78, 5) is 4.88. The van der Waals surface area contributed by atoms with Crippen molar-refractivity contribution in [3.05, 3.63) is 0 Å². The molecular formula is C11H25N3. The zero-order valence-corrected chi connectivity index (χ0v) is 9.92. The van der Waals surface area contributed by atoms with E-state index in [4.69, 9.17) is 0 Å². The molecule has 14 heavy (non-hydrogen) atoms. The van der Waals surface area contributed by atoms with Crippen LogP contribution in [0.5, 0.6) is 0 Å². The molecule has 1 fully saturated rings. The average molecular weight is 199 g/mol. The van der Waals surface area contributed by atoms with Gasteiger partial charge in [0.15, 0.2) is 0 Å². The number of nitrogens with one attached hydrogen (secondary N) is 1. The molecule has 0 radical (unpaired) electrons. The third kappa shape index (κ3) is 4.40. The predicted octanol–water partition coefficient (Wildman–Crippen LogP) is 0.622. The molecule has 1 atom stereocenters. The van der Waals surface area contributed by atoms with E-state index in [0.29, 0.717) is 0 Å². The summed E-state index contributed by atoms with van der Waals surface area (Å²) in [6.07, 6.45) is 2.58. The average Bonchev–Trinajstić information content (AvgIpc) is 2.31. The number of rotatable bonds is 4. The van der Waals surface area contributed by atoms with Gasteiger partial charge in [-0.2, -0.15) is 0 Å². The van der Waals surface area contributed by atoms with Crippen LogP contribution in [0.1, 0.15) is 19.8 Å². The molecule has 1 saturated heterocycles. The van der Waals surface area contributed by atoms with Gasteiger partial charge in [0.1, 0.15) is 0 Å². The van der Waals surface area contributed by atoms with Crippen molar-refractivity contribution in [2.75, 3.05) is 46.8 Å². The molecule has 3 heteroatoms. The van der Waals surface area contributed by atoms with E-state index in [1.807, 2.05) is 0 Å². The van der Waals surface area contributed by atoms with Crippen LogP contribution >= 0.6 is 0 Å². The summed E-state index contributed by atoms with van der Waals surface area (Å²) in [6, 6.07) is 0.757. The lowest BCUT2D eigenvalue weighted by Crippen LogP contribution is -2.36. The van der Waals surface area contributed by atoms with Gasteiger partial charge in [-0.3, -0.25) is 4.90 Å². The molecule has 1 aliphatic heterocycles. The lowest BCUT2D eigenvalue weighted by Gasteiger charge is -2.26. The Hall–Kier alpha value is -0.120. The van der Waals surface area contributed by atoms with Crippen molar-refractivity contribution in [3.8, 4) is 0 Å². The van der Waals surface area contributed by atoms with Gasteiger partial charge in [-0.1, -0.05) is 0 Å². The minimum absolute atomic E-state index is 0.757. The largest absolute Gasteiger partial charge is 0.315 e. The first kappa shape index (κ1) is 12.0. The van der Waals surface area contributed by atoms with Crippen molar-refractivity contribution in [2.45, 2.75) is 25.8 Å². The second-order valence-electron chi connectivity index (χ2n) is 4.58. The number of hydrogen-bond donors (Lipinski definition) is 1. The second-order valence-corrected chi connectivity index (χ2v) is 4.58. The quantitative estimate of drug-likeness (QED) is 0.716. The Morgan fingerprint density at radius 3 is 2.86 bits per heavy atom. The summed E-state index contributed by atoms with van der Waals surface area (Å²) in [5, 5.41) is 3.45. The first-order valence-corrected chi connectivity index (χ1v) is 5.79. The van der Waals surface area contributed by atoms with Crippen LogP contribution in [0.4, 0.5) is 0 Å². The fraction of sp³-hybridized carbons (Fsp3) is 1.00. The highest BCUT2D eigenvalue weighted by molar-refractivity contribution is 4.73. The highest BCUT2D eigenvalue weighted by atomic mass is 15.2. The summed E-state index contributed by atoms with van der Waals surface area (Å²) >= 11 is 0. The number of nitrogens with zero attached hydrogens (tertiary/aromatic N) is 2. The highest BCUT2D eigenvalue weighted by Crippen LogP contribution is 2.06. The standard InChI is InChI=1S/C11H25N3/c1-11-5-6-12-7-10-14(11)9-4-8-13(2)3/h11-12H,4-10H2,1-3H3. The topological polar surface area (TPSA) is 18.5 Å². The Bertz CT molecular complexity index is 147. The van der Waals surface area contributed by atoms with E-state index in [9.17, 15) is 0 Å². The van der Waals surface area contributed by atoms with E-state index in [1.165, 1.54) is 39.0 Å². The SMILES string of the molecule is CC1CCNCCN1CCCN(C)C. The maximum Gasteiger partial charge on any atom is 0.0110 e. The minimum atomic E-state index is 0.757. The van der Waals surface area contributed by atoms with E-state index in [2.05, 4.69) is 36.1 Å². The molecule has 0 aromatic carbocycles. The van der Waals surface area contributed by atoms with E-state index in [-0.39, 0.29) is 0 Å². The normalized spacial score (nSPS) is 25.3. The van der Waals surface area contributed by atoms with Crippen LogP contribution in [0.2, 0.25) is 0 Å². The first-order chi connectivity index (χ1) is 6.70. The van der Waals surface area contributed by atoms with Crippen LogP contribution in [0.15, 0.2) is 0 Å². The number of hydrogen-bond acceptors (Lipinski definition) is 3. The predicted molar refractivity (Wildman–Crippen MR) is 61.7 cm³/mol. The van der Waals surface area contributed by atoms with Crippen LogP contribution in [-0.2, 0) is 0 Å². The molecule has 1 unspecified atom stereocenters. The molecule has 0 spiro atoms. The van der Waals surface area contributed by atoms with E-state index >= 15 is 0 Å². The van der Waals surface area contributed by atoms with Crippen molar-refractivity contribution < 1.29 is 0 Å².